The summed E-state index contributed by atoms with van der Waals surface area (Å²) in [6.07, 6.45) is 3.05. The summed E-state index contributed by atoms with van der Waals surface area (Å²) >= 11 is 2.92. The fourth-order valence-corrected chi connectivity index (χ4v) is 6.37. The van der Waals surface area contributed by atoms with Crippen LogP contribution in [0, 0.1) is 0 Å². The highest BCUT2D eigenvalue weighted by molar-refractivity contribution is 7.99. The second-order valence-corrected chi connectivity index (χ2v) is 10.6. The predicted octanol–water partition coefficient (Wildman–Crippen LogP) is 4.41. The van der Waals surface area contributed by atoms with Gasteiger partial charge in [0.2, 0.25) is 5.91 Å². The maximum atomic E-state index is 13.6. The van der Waals surface area contributed by atoms with E-state index in [2.05, 4.69) is 5.32 Å². The van der Waals surface area contributed by atoms with Gasteiger partial charge in [0, 0.05) is 31.2 Å². The van der Waals surface area contributed by atoms with Crippen molar-refractivity contribution in [3.8, 4) is 5.69 Å². The molecule has 0 bridgehead atoms. The Hall–Kier alpha value is -3.10. The van der Waals surface area contributed by atoms with Crippen molar-refractivity contribution in [2.24, 2.45) is 0 Å². The Balaban J connectivity index is 1.36. The van der Waals surface area contributed by atoms with Gasteiger partial charge in [-0.1, -0.05) is 42.1 Å². The molecule has 6 nitrogen and oxygen atoms in total. The number of hydrogen-bond acceptors (Lipinski definition) is 6. The van der Waals surface area contributed by atoms with Crippen molar-refractivity contribution in [3.05, 3.63) is 81.0 Å². The van der Waals surface area contributed by atoms with Crippen molar-refractivity contribution in [3.63, 3.8) is 0 Å². The summed E-state index contributed by atoms with van der Waals surface area (Å²) < 4.78 is 1.66. The Labute approximate surface area is 206 Å². The van der Waals surface area contributed by atoms with E-state index in [-0.39, 0.29) is 17.2 Å². The lowest BCUT2D eigenvalue weighted by atomic mass is 10.2. The van der Waals surface area contributed by atoms with Gasteiger partial charge in [-0.05, 0) is 54.7 Å². The molecule has 0 saturated heterocycles. The summed E-state index contributed by atoms with van der Waals surface area (Å²) in [6, 6.07) is 17.7. The lowest BCUT2D eigenvalue weighted by molar-refractivity contribution is -0.118. The van der Waals surface area contributed by atoms with Crippen molar-refractivity contribution in [1.29, 1.82) is 0 Å². The van der Waals surface area contributed by atoms with Crippen molar-refractivity contribution in [1.82, 2.24) is 14.9 Å². The SMILES string of the molecule is CN(C)c1ccc(CNC(=O)CSc2nc3sc4c(c3c(=O)n2-c2ccccc2)CCC4)cc1. The van der Waals surface area contributed by atoms with E-state index in [1.807, 2.05) is 73.6 Å². The standard InChI is InChI=1S/C26H26N4O2S2/c1-29(2)18-13-11-17(12-14-18)15-27-22(31)16-33-26-28-24-23(20-9-6-10-21(20)34-24)25(32)30(26)19-7-4-3-5-8-19/h3-5,7-8,11-14H,6,9-10,15-16H2,1-2H3,(H,27,31). The molecule has 2 aromatic heterocycles. The third-order valence-electron chi connectivity index (χ3n) is 6.00. The number of hydrogen-bond donors (Lipinski definition) is 1. The minimum absolute atomic E-state index is 0.0421. The van der Waals surface area contributed by atoms with Gasteiger partial charge >= 0.3 is 0 Å². The number of aryl methyl sites for hydroxylation is 2. The van der Waals surface area contributed by atoms with E-state index in [0.29, 0.717) is 11.7 Å². The molecule has 0 atom stereocenters. The van der Waals surface area contributed by atoms with Gasteiger partial charge in [-0.3, -0.25) is 14.2 Å². The van der Waals surface area contributed by atoms with Crippen LogP contribution >= 0.6 is 23.1 Å². The maximum Gasteiger partial charge on any atom is 0.267 e. The first-order chi connectivity index (χ1) is 16.5. The molecule has 5 rings (SSSR count). The molecule has 1 N–H and O–H groups in total. The number of thioether (sulfide) groups is 1. The molecule has 1 aliphatic carbocycles. The first-order valence-electron chi connectivity index (χ1n) is 11.3. The van der Waals surface area contributed by atoms with Crippen LogP contribution in [0.15, 0.2) is 64.5 Å². The maximum absolute atomic E-state index is 13.6. The second kappa shape index (κ2) is 9.64. The quantitative estimate of drug-likeness (QED) is 0.307. The molecule has 34 heavy (non-hydrogen) atoms. The van der Waals surface area contributed by atoms with Crippen LogP contribution in [-0.4, -0.2) is 35.3 Å². The minimum Gasteiger partial charge on any atom is -0.378 e. The molecule has 4 aromatic rings. The molecule has 0 aliphatic heterocycles. The van der Waals surface area contributed by atoms with Crippen molar-refractivity contribution >= 4 is 44.9 Å². The van der Waals surface area contributed by atoms with Crippen LogP contribution in [0.25, 0.3) is 15.9 Å². The smallest absolute Gasteiger partial charge is 0.267 e. The highest BCUT2D eigenvalue weighted by Crippen LogP contribution is 2.36. The average molecular weight is 491 g/mol. The zero-order chi connectivity index (χ0) is 23.7. The highest BCUT2D eigenvalue weighted by atomic mass is 32.2. The van der Waals surface area contributed by atoms with E-state index in [1.165, 1.54) is 16.6 Å². The number of nitrogens with zero attached hydrogens (tertiary/aromatic N) is 3. The van der Waals surface area contributed by atoms with Gasteiger partial charge in [0.1, 0.15) is 4.83 Å². The molecule has 2 heterocycles. The molecule has 174 valence electrons. The van der Waals surface area contributed by atoms with Crippen LogP contribution in [0.2, 0.25) is 0 Å². The number of fused-ring (bicyclic) bond motifs is 3. The first-order valence-corrected chi connectivity index (χ1v) is 13.1. The Bertz CT molecular complexity index is 1390. The fraction of sp³-hybridized carbons (Fsp3) is 0.269. The lowest BCUT2D eigenvalue weighted by Crippen LogP contribution is -2.26. The molecule has 0 radical (unpaired) electrons. The largest absolute Gasteiger partial charge is 0.378 e. The van der Waals surface area contributed by atoms with Crippen LogP contribution < -0.4 is 15.8 Å². The average Bonchev–Trinajstić information content (AvgIpc) is 3.43. The summed E-state index contributed by atoms with van der Waals surface area (Å²) in [5.41, 5.74) is 4.04. The Morgan fingerprint density at radius 3 is 2.62 bits per heavy atom. The summed E-state index contributed by atoms with van der Waals surface area (Å²) in [5.74, 6) is 0.0929. The van der Waals surface area contributed by atoms with Crippen molar-refractivity contribution < 1.29 is 4.79 Å². The van der Waals surface area contributed by atoms with Crippen molar-refractivity contribution in [2.75, 3.05) is 24.7 Å². The zero-order valence-corrected chi connectivity index (χ0v) is 20.8. The van der Waals surface area contributed by atoms with Gasteiger partial charge in [-0.2, -0.15) is 0 Å². The molecule has 0 saturated carbocycles. The van der Waals surface area contributed by atoms with Gasteiger partial charge in [0.25, 0.3) is 5.56 Å². The number of rotatable bonds is 7. The van der Waals surface area contributed by atoms with Crippen LogP contribution in [-0.2, 0) is 24.2 Å². The first kappa shape index (κ1) is 22.7. The Kier molecular flexibility index (Phi) is 6.43. The number of anilines is 1. The number of benzene rings is 2. The molecule has 2 aromatic carbocycles. The van der Waals surface area contributed by atoms with Crippen LogP contribution in [0.4, 0.5) is 5.69 Å². The van der Waals surface area contributed by atoms with Crippen LogP contribution in [0.5, 0.6) is 0 Å². The van der Waals surface area contributed by atoms with Gasteiger partial charge in [0.15, 0.2) is 5.16 Å². The van der Waals surface area contributed by atoms with Crippen molar-refractivity contribution in [2.45, 2.75) is 31.0 Å². The zero-order valence-electron chi connectivity index (χ0n) is 19.2. The Morgan fingerprint density at radius 1 is 1.12 bits per heavy atom. The normalized spacial score (nSPS) is 12.6. The van der Waals surface area contributed by atoms with E-state index >= 15 is 0 Å². The third kappa shape index (κ3) is 4.48. The number of thiophene rings is 1. The summed E-state index contributed by atoms with van der Waals surface area (Å²) in [5, 5.41) is 4.27. The fourth-order valence-electron chi connectivity index (χ4n) is 4.22. The van der Waals surface area contributed by atoms with Gasteiger partial charge in [-0.25, -0.2) is 4.98 Å². The van der Waals surface area contributed by atoms with Gasteiger partial charge in [0.05, 0.1) is 16.8 Å². The number of nitrogens with one attached hydrogen (secondary N) is 1. The molecular formula is C26H26N4O2S2. The predicted molar refractivity (Wildman–Crippen MR) is 141 cm³/mol. The molecule has 1 amide bonds. The van der Waals surface area contributed by atoms with E-state index in [0.717, 1.165) is 52.0 Å². The second-order valence-electron chi connectivity index (χ2n) is 8.53. The Morgan fingerprint density at radius 2 is 1.88 bits per heavy atom. The molecule has 8 heteroatoms. The van der Waals surface area contributed by atoms with E-state index in [9.17, 15) is 9.59 Å². The number of aromatic nitrogens is 2. The molecule has 1 aliphatic rings. The monoisotopic (exact) mass is 490 g/mol. The number of para-hydroxylation sites is 1. The summed E-state index contributed by atoms with van der Waals surface area (Å²) in [4.78, 5) is 35.2. The minimum atomic E-state index is -0.0932. The number of carbonyl (C=O) groups excluding carboxylic acids is 1. The highest BCUT2D eigenvalue weighted by Gasteiger charge is 2.24. The number of carbonyl (C=O) groups is 1. The van der Waals surface area contributed by atoms with E-state index in [4.69, 9.17) is 4.98 Å². The van der Waals surface area contributed by atoms with Gasteiger partial charge in [-0.15, -0.1) is 11.3 Å². The summed E-state index contributed by atoms with van der Waals surface area (Å²) in [7, 11) is 4.00. The topological polar surface area (TPSA) is 67.2 Å². The molecular weight excluding hydrogens is 464 g/mol. The van der Waals surface area contributed by atoms with E-state index in [1.54, 1.807) is 15.9 Å². The van der Waals surface area contributed by atoms with Crippen LogP contribution in [0.1, 0.15) is 22.4 Å². The summed E-state index contributed by atoms with van der Waals surface area (Å²) in [6.45, 7) is 0.461. The van der Waals surface area contributed by atoms with Crippen LogP contribution in [0.3, 0.4) is 0 Å². The molecule has 0 fully saturated rings. The lowest BCUT2D eigenvalue weighted by Gasteiger charge is -2.13. The number of amides is 1. The molecule has 0 spiro atoms. The third-order valence-corrected chi connectivity index (χ3v) is 8.12. The molecule has 0 unspecified atom stereocenters. The van der Waals surface area contributed by atoms with Gasteiger partial charge < -0.3 is 10.2 Å². The van der Waals surface area contributed by atoms with E-state index < -0.39 is 0 Å².